The number of rotatable bonds is 3. The van der Waals surface area contributed by atoms with Crippen LogP contribution in [0.1, 0.15) is 33.6 Å². The van der Waals surface area contributed by atoms with Crippen molar-refractivity contribution in [2.75, 3.05) is 13.9 Å². The van der Waals surface area contributed by atoms with E-state index in [2.05, 4.69) is 26.1 Å². The summed E-state index contributed by atoms with van der Waals surface area (Å²) in [5, 5.41) is 3.54. The lowest BCUT2D eigenvalue weighted by Gasteiger charge is -2.40. The quantitative estimate of drug-likeness (QED) is 0.680. The third kappa shape index (κ3) is 3.63. The van der Waals surface area contributed by atoms with Gasteiger partial charge in [0.1, 0.15) is 6.79 Å². The maximum Gasteiger partial charge on any atom is 0.146 e. The van der Waals surface area contributed by atoms with E-state index in [1.54, 1.807) is 7.11 Å². The molecule has 0 aliphatic carbocycles. The number of methoxy groups -OCH3 is 1. The number of piperidine rings is 1. The van der Waals surface area contributed by atoms with Crippen LogP contribution in [0.25, 0.3) is 0 Å². The largest absolute Gasteiger partial charge is 0.359 e. The minimum atomic E-state index is 0.191. The molecule has 78 valence electrons. The highest BCUT2D eigenvalue weighted by molar-refractivity contribution is 4.90. The minimum absolute atomic E-state index is 0.191. The highest BCUT2D eigenvalue weighted by Crippen LogP contribution is 2.24. The van der Waals surface area contributed by atoms with Crippen LogP contribution >= 0.6 is 0 Å². The third-order valence-corrected chi connectivity index (χ3v) is 2.41. The monoisotopic (exact) mass is 187 g/mol. The molecule has 0 aromatic carbocycles. The average molecular weight is 187 g/mol. The zero-order chi connectivity index (χ0) is 9.90. The fourth-order valence-corrected chi connectivity index (χ4v) is 2.12. The summed E-state index contributed by atoms with van der Waals surface area (Å²) in [5.74, 6) is 0. The Balaban J connectivity index is 2.38. The normalized spacial score (nSPS) is 33.2. The molecule has 0 aromatic rings. The first kappa shape index (κ1) is 11.0. The van der Waals surface area contributed by atoms with E-state index in [9.17, 15) is 0 Å². The molecule has 1 aliphatic heterocycles. The molecule has 1 rings (SSSR count). The van der Waals surface area contributed by atoms with Crippen molar-refractivity contribution in [3.05, 3.63) is 0 Å². The van der Waals surface area contributed by atoms with Crippen molar-refractivity contribution >= 4 is 0 Å². The maximum absolute atomic E-state index is 5.58. The lowest BCUT2D eigenvalue weighted by molar-refractivity contribution is -0.0943. The summed E-state index contributed by atoms with van der Waals surface area (Å²) in [5.41, 5.74) is 0.191. The molecule has 0 aromatic heterocycles. The Kier molecular flexibility index (Phi) is 3.71. The van der Waals surface area contributed by atoms with Crippen LogP contribution in [0.2, 0.25) is 0 Å². The van der Waals surface area contributed by atoms with Crippen LogP contribution in [0.4, 0.5) is 0 Å². The van der Waals surface area contributed by atoms with E-state index < -0.39 is 0 Å². The van der Waals surface area contributed by atoms with Gasteiger partial charge in [-0.05, 0) is 33.6 Å². The topological polar surface area (TPSA) is 30.5 Å². The molecule has 2 unspecified atom stereocenters. The van der Waals surface area contributed by atoms with E-state index in [1.807, 2.05) is 0 Å². The molecule has 0 bridgehead atoms. The molecule has 0 amide bonds. The van der Waals surface area contributed by atoms with Crippen molar-refractivity contribution in [2.24, 2.45) is 0 Å². The summed E-state index contributed by atoms with van der Waals surface area (Å²) in [7, 11) is 1.66. The summed E-state index contributed by atoms with van der Waals surface area (Å²) in [4.78, 5) is 0. The van der Waals surface area contributed by atoms with Gasteiger partial charge in [-0.25, -0.2) is 0 Å². The molecule has 2 atom stereocenters. The van der Waals surface area contributed by atoms with Crippen LogP contribution in [0.15, 0.2) is 0 Å². The molecule has 1 N–H and O–H groups in total. The van der Waals surface area contributed by atoms with Crippen LogP contribution < -0.4 is 5.32 Å². The van der Waals surface area contributed by atoms with Crippen LogP contribution in [0.5, 0.6) is 0 Å². The fourth-order valence-electron chi connectivity index (χ4n) is 2.12. The SMILES string of the molecule is COCOC1CC(C)NC(C)(C)C1. The molecular formula is C10H21NO2. The van der Waals surface area contributed by atoms with E-state index in [4.69, 9.17) is 9.47 Å². The number of hydrogen-bond donors (Lipinski definition) is 1. The molecule has 1 aliphatic rings. The van der Waals surface area contributed by atoms with Crippen LogP contribution in [0, 0.1) is 0 Å². The zero-order valence-corrected chi connectivity index (χ0v) is 9.09. The first-order chi connectivity index (χ1) is 6.03. The number of nitrogens with one attached hydrogen (secondary N) is 1. The summed E-state index contributed by atoms with van der Waals surface area (Å²) in [6.07, 6.45) is 2.47. The molecular weight excluding hydrogens is 166 g/mol. The van der Waals surface area contributed by atoms with Crippen molar-refractivity contribution in [1.29, 1.82) is 0 Å². The van der Waals surface area contributed by atoms with E-state index in [0.717, 1.165) is 12.8 Å². The predicted molar refractivity (Wildman–Crippen MR) is 52.7 cm³/mol. The van der Waals surface area contributed by atoms with Gasteiger partial charge in [-0.15, -0.1) is 0 Å². The maximum atomic E-state index is 5.58. The Bertz CT molecular complexity index is 159. The fraction of sp³-hybridized carbons (Fsp3) is 1.00. The third-order valence-electron chi connectivity index (χ3n) is 2.41. The predicted octanol–water partition coefficient (Wildman–Crippen LogP) is 1.53. The van der Waals surface area contributed by atoms with Crippen molar-refractivity contribution in [3.8, 4) is 0 Å². The van der Waals surface area contributed by atoms with Crippen LogP contribution in [-0.4, -0.2) is 31.6 Å². The van der Waals surface area contributed by atoms with E-state index in [0.29, 0.717) is 18.9 Å². The van der Waals surface area contributed by atoms with Crippen LogP contribution in [-0.2, 0) is 9.47 Å². The molecule has 1 heterocycles. The summed E-state index contributed by atoms with van der Waals surface area (Å²) < 4.78 is 10.5. The summed E-state index contributed by atoms with van der Waals surface area (Å²) in [6, 6.07) is 0.533. The van der Waals surface area contributed by atoms with Gasteiger partial charge in [0, 0.05) is 18.7 Å². The van der Waals surface area contributed by atoms with Crippen molar-refractivity contribution in [2.45, 2.75) is 51.3 Å². The lowest BCUT2D eigenvalue weighted by atomic mass is 9.87. The van der Waals surface area contributed by atoms with Gasteiger partial charge < -0.3 is 14.8 Å². The van der Waals surface area contributed by atoms with Gasteiger partial charge in [0.15, 0.2) is 0 Å². The summed E-state index contributed by atoms with van der Waals surface area (Å²) in [6.45, 7) is 7.04. The molecule has 0 radical (unpaired) electrons. The second-order valence-corrected chi connectivity index (χ2v) is 4.56. The van der Waals surface area contributed by atoms with Crippen LogP contribution in [0.3, 0.4) is 0 Å². The van der Waals surface area contributed by atoms with Gasteiger partial charge in [0.2, 0.25) is 0 Å². The first-order valence-corrected chi connectivity index (χ1v) is 4.92. The molecule has 0 saturated carbocycles. The summed E-state index contributed by atoms with van der Waals surface area (Å²) >= 11 is 0. The molecule has 0 spiro atoms. The number of hydrogen-bond acceptors (Lipinski definition) is 3. The second-order valence-electron chi connectivity index (χ2n) is 4.56. The van der Waals surface area contributed by atoms with Gasteiger partial charge >= 0.3 is 0 Å². The number of ether oxygens (including phenoxy) is 2. The molecule has 13 heavy (non-hydrogen) atoms. The highest BCUT2D eigenvalue weighted by Gasteiger charge is 2.31. The van der Waals surface area contributed by atoms with Crippen molar-refractivity contribution in [1.82, 2.24) is 5.32 Å². The Labute approximate surface area is 80.8 Å². The molecule has 1 saturated heterocycles. The molecule has 1 fully saturated rings. The Morgan fingerprint density at radius 2 is 2.15 bits per heavy atom. The van der Waals surface area contributed by atoms with Gasteiger partial charge in [0.25, 0.3) is 0 Å². The minimum Gasteiger partial charge on any atom is -0.359 e. The van der Waals surface area contributed by atoms with Gasteiger partial charge in [-0.3, -0.25) is 0 Å². The van der Waals surface area contributed by atoms with Crippen molar-refractivity contribution in [3.63, 3.8) is 0 Å². The van der Waals surface area contributed by atoms with Gasteiger partial charge in [0.05, 0.1) is 6.10 Å². The zero-order valence-electron chi connectivity index (χ0n) is 9.09. The molecule has 3 heteroatoms. The Morgan fingerprint density at radius 3 is 2.69 bits per heavy atom. The first-order valence-electron chi connectivity index (χ1n) is 4.92. The van der Waals surface area contributed by atoms with E-state index in [1.165, 1.54) is 0 Å². The lowest BCUT2D eigenvalue weighted by Crippen LogP contribution is -2.53. The van der Waals surface area contributed by atoms with E-state index >= 15 is 0 Å². The Hall–Kier alpha value is -0.120. The highest BCUT2D eigenvalue weighted by atomic mass is 16.7. The Morgan fingerprint density at radius 1 is 1.46 bits per heavy atom. The van der Waals surface area contributed by atoms with Crippen molar-refractivity contribution < 1.29 is 9.47 Å². The molecule has 3 nitrogen and oxygen atoms in total. The smallest absolute Gasteiger partial charge is 0.146 e. The van der Waals surface area contributed by atoms with Gasteiger partial charge in [-0.1, -0.05) is 0 Å². The van der Waals surface area contributed by atoms with Gasteiger partial charge in [-0.2, -0.15) is 0 Å². The average Bonchev–Trinajstić information content (AvgIpc) is 1.97. The second kappa shape index (κ2) is 4.40. The standard InChI is InChI=1S/C10H21NO2/c1-8-5-9(13-7-12-4)6-10(2,3)11-8/h8-9,11H,5-7H2,1-4H3. The van der Waals surface area contributed by atoms with E-state index in [-0.39, 0.29) is 5.54 Å².